The molecule has 11 heavy (non-hydrogen) atoms. The van der Waals surface area contributed by atoms with E-state index in [0.717, 1.165) is 13.0 Å². The van der Waals surface area contributed by atoms with Crippen molar-refractivity contribution in [2.24, 2.45) is 10.4 Å². The molecule has 0 aromatic rings. The predicted octanol–water partition coefficient (Wildman–Crippen LogP) is 2.14. The van der Waals surface area contributed by atoms with Gasteiger partial charge in [-0.15, -0.1) is 0 Å². The van der Waals surface area contributed by atoms with Crippen LogP contribution in [0.2, 0.25) is 0 Å². The molecule has 0 heterocycles. The monoisotopic (exact) mass is 157 g/mol. The van der Waals surface area contributed by atoms with Crippen molar-refractivity contribution in [3.8, 4) is 0 Å². The maximum atomic E-state index is 5.30. The molecule has 0 atom stereocenters. The first kappa shape index (κ1) is 10.6. The highest BCUT2D eigenvalue weighted by Gasteiger charge is 2.08. The molecular formula is C9H19NO. The highest BCUT2D eigenvalue weighted by Crippen LogP contribution is 2.17. The summed E-state index contributed by atoms with van der Waals surface area (Å²) in [6, 6.07) is 0. The first-order chi connectivity index (χ1) is 5.06. The minimum atomic E-state index is 0.378. The summed E-state index contributed by atoms with van der Waals surface area (Å²) in [5, 5.41) is 0. The molecule has 0 spiro atoms. The van der Waals surface area contributed by atoms with Gasteiger partial charge in [0.2, 0.25) is 0 Å². The maximum Gasteiger partial charge on any atom is 0.0814 e. The Kier molecular flexibility index (Phi) is 5.12. The number of nitrogens with zero attached hydrogens (tertiary/aromatic N) is 1. The van der Waals surface area contributed by atoms with Gasteiger partial charge in [-0.2, -0.15) is 0 Å². The van der Waals surface area contributed by atoms with E-state index in [0.29, 0.717) is 12.0 Å². The van der Waals surface area contributed by atoms with Gasteiger partial charge in [-0.05, 0) is 11.8 Å². The van der Waals surface area contributed by atoms with E-state index in [-0.39, 0.29) is 0 Å². The highest BCUT2D eigenvalue weighted by molar-refractivity contribution is 5.58. The van der Waals surface area contributed by atoms with E-state index >= 15 is 0 Å². The molecule has 0 radical (unpaired) electrons. The summed E-state index contributed by atoms with van der Waals surface area (Å²) in [4.78, 5) is 3.82. The van der Waals surface area contributed by atoms with Crippen molar-refractivity contribution in [3.63, 3.8) is 0 Å². The van der Waals surface area contributed by atoms with Gasteiger partial charge in [-0.3, -0.25) is 4.99 Å². The Bertz CT molecular complexity index is 113. The van der Waals surface area contributed by atoms with E-state index in [2.05, 4.69) is 25.8 Å². The van der Waals surface area contributed by atoms with Gasteiger partial charge in [0.1, 0.15) is 0 Å². The first-order valence-electron chi connectivity index (χ1n) is 4.04. The lowest BCUT2D eigenvalue weighted by molar-refractivity contribution is 0.140. The van der Waals surface area contributed by atoms with Crippen LogP contribution >= 0.6 is 0 Å². The Hall–Kier alpha value is -0.370. The second kappa shape index (κ2) is 5.30. The van der Waals surface area contributed by atoms with Gasteiger partial charge in [0, 0.05) is 19.9 Å². The fourth-order valence-electron chi connectivity index (χ4n) is 0.589. The lowest BCUT2D eigenvalue weighted by Gasteiger charge is -2.16. The maximum absolute atomic E-state index is 5.30. The van der Waals surface area contributed by atoms with Crippen molar-refractivity contribution >= 4 is 6.21 Å². The zero-order valence-electron chi connectivity index (χ0n) is 8.05. The van der Waals surface area contributed by atoms with Crippen LogP contribution in [-0.2, 0) is 4.74 Å². The Morgan fingerprint density at radius 1 is 1.36 bits per heavy atom. The Balaban J connectivity index is 3.15. The smallest absolute Gasteiger partial charge is 0.0814 e. The summed E-state index contributed by atoms with van der Waals surface area (Å²) in [5.74, 6) is 0. The molecule has 0 unspecified atom stereocenters. The lowest BCUT2D eigenvalue weighted by Crippen LogP contribution is -2.10. The summed E-state index contributed by atoms with van der Waals surface area (Å²) < 4.78 is 5.30. The zero-order chi connectivity index (χ0) is 8.74. The number of aliphatic imine (C=N–C) groups is 1. The molecule has 0 saturated carbocycles. The van der Waals surface area contributed by atoms with Crippen LogP contribution in [0.1, 0.15) is 27.2 Å². The summed E-state index contributed by atoms with van der Waals surface area (Å²) in [5.41, 5.74) is 0.378. The quantitative estimate of drug-likeness (QED) is 0.452. The second-order valence-electron chi connectivity index (χ2n) is 3.83. The largest absolute Gasteiger partial charge is 0.376 e. The zero-order valence-corrected chi connectivity index (χ0v) is 8.05. The Morgan fingerprint density at radius 3 is 2.45 bits per heavy atom. The fraction of sp³-hybridized carbons (Fsp3) is 0.889. The van der Waals surface area contributed by atoms with Gasteiger partial charge in [-0.25, -0.2) is 0 Å². The number of hydrogen-bond acceptors (Lipinski definition) is 2. The summed E-state index contributed by atoms with van der Waals surface area (Å²) in [6.07, 6.45) is 2.88. The molecule has 0 saturated heterocycles. The van der Waals surface area contributed by atoms with Gasteiger partial charge in [0.15, 0.2) is 0 Å². The van der Waals surface area contributed by atoms with Gasteiger partial charge < -0.3 is 4.74 Å². The van der Waals surface area contributed by atoms with E-state index in [1.807, 2.05) is 0 Å². The van der Waals surface area contributed by atoms with Crippen LogP contribution in [0, 0.1) is 5.41 Å². The topological polar surface area (TPSA) is 21.6 Å². The van der Waals surface area contributed by atoms with Crippen molar-refractivity contribution in [1.82, 2.24) is 0 Å². The lowest BCUT2D eigenvalue weighted by atomic mass is 9.93. The van der Waals surface area contributed by atoms with Gasteiger partial charge in [0.05, 0.1) is 6.61 Å². The normalized spacial score (nSPS) is 12.7. The third-order valence-corrected chi connectivity index (χ3v) is 1.37. The van der Waals surface area contributed by atoms with Gasteiger partial charge in [-0.1, -0.05) is 20.8 Å². The average Bonchev–Trinajstić information content (AvgIpc) is 1.85. The summed E-state index contributed by atoms with van der Waals surface area (Å²) in [7, 11) is 1.76. The van der Waals surface area contributed by atoms with Crippen LogP contribution in [0.15, 0.2) is 4.99 Å². The number of rotatable bonds is 4. The van der Waals surface area contributed by atoms with Gasteiger partial charge in [0.25, 0.3) is 0 Å². The van der Waals surface area contributed by atoms with Gasteiger partial charge >= 0.3 is 0 Å². The molecule has 0 amide bonds. The third kappa shape index (κ3) is 9.63. The molecule has 2 heteroatoms. The molecule has 2 nitrogen and oxygen atoms in total. The van der Waals surface area contributed by atoms with Crippen molar-refractivity contribution < 1.29 is 4.74 Å². The van der Waals surface area contributed by atoms with Crippen molar-refractivity contribution in [2.75, 3.05) is 20.3 Å². The standard InChI is InChI=1S/C9H19NO/c1-9(2,3)5-7-11-8-6-10-4/h6H,5,7-8H2,1-4H3. The molecule has 0 bridgehead atoms. The molecule has 0 aliphatic heterocycles. The first-order valence-corrected chi connectivity index (χ1v) is 4.04. The molecular weight excluding hydrogens is 138 g/mol. The van der Waals surface area contributed by atoms with E-state index in [9.17, 15) is 0 Å². The third-order valence-electron chi connectivity index (χ3n) is 1.37. The van der Waals surface area contributed by atoms with Crippen LogP contribution in [-0.4, -0.2) is 26.5 Å². The fourth-order valence-corrected chi connectivity index (χ4v) is 0.589. The highest BCUT2D eigenvalue weighted by atomic mass is 16.5. The summed E-state index contributed by atoms with van der Waals surface area (Å²) >= 11 is 0. The van der Waals surface area contributed by atoms with E-state index < -0.39 is 0 Å². The molecule has 0 aliphatic carbocycles. The van der Waals surface area contributed by atoms with Crippen LogP contribution in [0.25, 0.3) is 0 Å². The van der Waals surface area contributed by atoms with E-state index in [1.165, 1.54) is 0 Å². The Labute approximate surface area is 69.7 Å². The summed E-state index contributed by atoms with van der Waals surface area (Å²) in [6.45, 7) is 8.11. The van der Waals surface area contributed by atoms with E-state index in [1.54, 1.807) is 13.3 Å². The average molecular weight is 157 g/mol. The molecule has 0 N–H and O–H groups in total. The van der Waals surface area contributed by atoms with Crippen molar-refractivity contribution in [2.45, 2.75) is 27.2 Å². The number of ether oxygens (including phenoxy) is 1. The predicted molar refractivity (Wildman–Crippen MR) is 49.3 cm³/mol. The van der Waals surface area contributed by atoms with Crippen LogP contribution in [0.4, 0.5) is 0 Å². The molecule has 0 aliphatic rings. The molecule has 0 aromatic carbocycles. The van der Waals surface area contributed by atoms with Crippen molar-refractivity contribution in [3.05, 3.63) is 0 Å². The number of hydrogen-bond donors (Lipinski definition) is 0. The second-order valence-corrected chi connectivity index (χ2v) is 3.83. The minimum absolute atomic E-state index is 0.378. The van der Waals surface area contributed by atoms with Crippen LogP contribution in [0.3, 0.4) is 0 Å². The molecule has 0 fully saturated rings. The SMILES string of the molecule is CN=CCOCCC(C)(C)C. The van der Waals surface area contributed by atoms with Crippen LogP contribution < -0.4 is 0 Å². The van der Waals surface area contributed by atoms with E-state index in [4.69, 9.17) is 4.74 Å². The molecule has 0 aromatic heterocycles. The Morgan fingerprint density at radius 2 is 2.00 bits per heavy atom. The molecule has 0 rings (SSSR count). The van der Waals surface area contributed by atoms with Crippen LogP contribution in [0.5, 0.6) is 0 Å². The van der Waals surface area contributed by atoms with Crippen molar-refractivity contribution in [1.29, 1.82) is 0 Å². The molecule has 66 valence electrons. The minimum Gasteiger partial charge on any atom is -0.376 e.